The van der Waals surface area contributed by atoms with Crippen LogP contribution >= 0.6 is 23.5 Å². The van der Waals surface area contributed by atoms with Crippen molar-refractivity contribution in [2.24, 2.45) is 0 Å². The Labute approximate surface area is 134 Å². The lowest BCUT2D eigenvalue weighted by atomic mass is 10.1. The summed E-state index contributed by atoms with van der Waals surface area (Å²) in [5.74, 6) is -0.0800. The van der Waals surface area contributed by atoms with Crippen molar-refractivity contribution in [2.75, 3.05) is 6.26 Å². The molecule has 2 rings (SSSR count). The van der Waals surface area contributed by atoms with E-state index in [2.05, 4.69) is 32.0 Å². The number of rotatable bonds is 5. The van der Waals surface area contributed by atoms with Crippen molar-refractivity contribution >= 4 is 29.5 Å². The molecule has 0 aliphatic rings. The zero-order chi connectivity index (χ0) is 15.4. The number of thioether (sulfide) groups is 2. The van der Waals surface area contributed by atoms with E-state index in [9.17, 15) is 9.90 Å². The fourth-order valence-electron chi connectivity index (χ4n) is 2.33. The molecular formula is C17H18O2S2. The standard InChI is InChI=1S/C17H18O2S2/c1-11-7-12(2)9-13(8-11)10-21-15-6-4-5-14(20-3)16(15)17(18)19/h4-9H,10H2,1-3H3,(H,18,19). The van der Waals surface area contributed by atoms with E-state index in [0.717, 1.165) is 15.5 Å². The number of hydrogen-bond donors (Lipinski definition) is 1. The van der Waals surface area contributed by atoms with Gasteiger partial charge >= 0.3 is 5.97 Å². The van der Waals surface area contributed by atoms with Gasteiger partial charge in [-0.25, -0.2) is 4.79 Å². The topological polar surface area (TPSA) is 37.3 Å². The van der Waals surface area contributed by atoms with Crippen molar-refractivity contribution in [3.05, 3.63) is 58.7 Å². The third-order valence-corrected chi connectivity index (χ3v) is 5.01. The predicted molar refractivity (Wildman–Crippen MR) is 90.7 cm³/mol. The van der Waals surface area contributed by atoms with E-state index in [4.69, 9.17) is 0 Å². The molecule has 0 bridgehead atoms. The minimum Gasteiger partial charge on any atom is -0.478 e. The van der Waals surface area contributed by atoms with Gasteiger partial charge in [-0.2, -0.15) is 0 Å². The van der Waals surface area contributed by atoms with Crippen LogP contribution in [0.25, 0.3) is 0 Å². The monoisotopic (exact) mass is 318 g/mol. The van der Waals surface area contributed by atoms with Crippen LogP contribution in [0.5, 0.6) is 0 Å². The second kappa shape index (κ2) is 7.05. The lowest BCUT2D eigenvalue weighted by Gasteiger charge is -2.10. The van der Waals surface area contributed by atoms with E-state index in [1.54, 1.807) is 11.8 Å². The summed E-state index contributed by atoms with van der Waals surface area (Å²) in [6.45, 7) is 4.16. The van der Waals surface area contributed by atoms with E-state index in [0.29, 0.717) is 5.56 Å². The molecule has 0 aromatic heterocycles. The van der Waals surface area contributed by atoms with Crippen LogP contribution < -0.4 is 0 Å². The Morgan fingerprint density at radius 3 is 2.29 bits per heavy atom. The molecule has 0 heterocycles. The number of benzene rings is 2. The van der Waals surface area contributed by atoms with Gasteiger partial charge < -0.3 is 5.11 Å². The quantitative estimate of drug-likeness (QED) is 0.786. The molecule has 0 saturated carbocycles. The van der Waals surface area contributed by atoms with Crippen molar-refractivity contribution in [2.45, 2.75) is 29.4 Å². The zero-order valence-corrected chi connectivity index (χ0v) is 14.0. The first kappa shape index (κ1) is 16.0. The largest absolute Gasteiger partial charge is 0.478 e. The first-order valence-corrected chi connectivity index (χ1v) is 8.82. The first-order chi connectivity index (χ1) is 10.0. The average molecular weight is 318 g/mol. The number of aryl methyl sites for hydroxylation is 2. The minimum absolute atomic E-state index is 0.416. The van der Waals surface area contributed by atoms with Crippen LogP contribution in [0.4, 0.5) is 0 Å². The number of hydrogen-bond acceptors (Lipinski definition) is 3. The lowest BCUT2D eigenvalue weighted by molar-refractivity contribution is 0.0689. The Morgan fingerprint density at radius 2 is 1.71 bits per heavy atom. The Kier molecular flexibility index (Phi) is 5.37. The van der Waals surface area contributed by atoms with Gasteiger partial charge in [0.15, 0.2) is 0 Å². The summed E-state index contributed by atoms with van der Waals surface area (Å²) in [5, 5.41) is 9.44. The number of carbonyl (C=O) groups is 1. The molecule has 1 N–H and O–H groups in total. The highest BCUT2D eigenvalue weighted by Gasteiger charge is 2.15. The summed E-state index contributed by atoms with van der Waals surface area (Å²) in [6.07, 6.45) is 1.90. The van der Waals surface area contributed by atoms with Crippen LogP contribution in [0, 0.1) is 13.8 Å². The number of carboxylic acids is 1. The van der Waals surface area contributed by atoms with Gasteiger partial charge in [0, 0.05) is 15.5 Å². The van der Waals surface area contributed by atoms with Gasteiger partial charge in [-0.3, -0.25) is 0 Å². The Hall–Kier alpha value is -1.39. The van der Waals surface area contributed by atoms with Gasteiger partial charge in [0.25, 0.3) is 0 Å². The van der Waals surface area contributed by atoms with Crippen LogP contribution in [-0.2, 0) is 5.75 Å². The van der Waals surface area contributed by atoms with Crippen molar-refractivity contribution in [3.8, 4) is 0 Å². The molecule has 0 unspecified atom stereocenters. The first-order valence-electron chi connectivity index (χ1n) is 6.61. The highest BCUT2D eigenvalue weighted by molar-refractivity contribution is 7.99. The third-order valence-electron chi connectivity index (χ3n) is 3.10. The molecule has 0 aliphatic heterocycles. The molecular weight excluding hydrogens is 300 g/mol. The molecule has 0 fully saturated rings. The molecule has 0 aliphatic carbocycles. The second-order valence-electron chi connectivity index (χ2n) is 4.92. The normalized spacial score (nSPS) is 10.6. The van der Waals surface area contributed by atoms with E-state index >= 15 is 0 Å². The molecule has 0 spiro atoms. The van der Waals surface area contributed by atoms with Gasteiger partial charge in [0.2, 0.25) is 0 Å². The van der Waals surface area contributed by atoms with E-state index in [-0.39, 0.29) is 0 Å². The Bertz CT molecular complexity index is 646. The van der Waals surface area contributed by atoms with Crippen LogP contribution in [0.2, 0.25) is 0 Å². The molecule has 2 aromatic carbocycles. The summed E-state index contributed by atoms with van der Waals surface area (Å²) in [5.41, 5.74) is 4.12. The van der Waals surface area contributed by atoms with Crippen molar-refractivity contribution in [1.82, 2.24) is 0 Å². The fraction of sp³-hybridized carbons (Fsp3) is 0.235. The van der Waals surface area contributed by atoms with Crippen LogP contribution in [-0.4, -0.2) is 17.3 Å². The van der Waals surface area contributed by atoms with Gasteiger partial charge in [-0.15, -0.1) is 23.5 Å². The van der Waals surface area contributed by atoms with Crippen molar-refractivity contribution < 1.29 is 9.90 Å². The Balaban J connectivity index is 2.25. The average Bonchev–Trinajstić information content (AvgIpc) is 2.43. The zero-order valence-electron chi connectivity index (χ0n) is 12.3. The molecule has 0 radical (unpaired) electrons. The van der Waals surface area contributed by atoms with Gasteiger partial charge in [-0.1, -0.05) is 35.4 Å². The molecule has 110 valence electrons. The summed E-state index contributed by atoms with van der Waals surface area (Å²) < 4.78 is 0. The van der Waals surface area contributed by atoms with Gasteiger partial charge in [-0.05, 0) is 37.8 Å². The Morgan fingerprint density at radius 1 is 1.10 bits per heavy atom. The minimum atomic E-state index is -0.858. The maximum Gasteiger partial charge on any atom is 0.337 e. The smallest absolute Gasteiger partial charge is 0.337 e. The van der Waals surface area contributed by atoms with Crippen molar-refractivity contribution in [3.63, 3.8) is 0 Å². The molecule has 0 atom stereocenters. The SMILES string of the molecule is CSc1cccc(SCc2cc(C)cc(C)c2)c1C(=O)O. The van der Waals surface area contributed by atoms with Crippen LogP contribution in [0.3, 0.4) is 0 Å². The molecule has 0 amide bonds. The van der Waals surface area contributed by atoms with Crippen LogP contribution in [0.1, 0.15) is 27.0 Å². The highest BCUT2D eigenvalue weighted by atomic mass is 32.2. The molecule has 4 heteroatoms. The highest BCUT2D eigenvalue weighted by Crippen LogP contribution is 2.32. The summed E-state index contributed by atoms with van der Waals surface area (Å²) in [7, 11) is 0. The van der Waals surface area contributed by atoms with E-state index < -0.39 is 5.97 Å². The fourth-order valence-corrected chi connectivity index (χ4v) is 4.01. The molecule has 2 nitrogen and oxygen atoms in total. The summed E-state index contributed by atoms with van der Waals surface area (Å²) in [6, 6.07) is 12.1. The predicted octanol–water partition coefficient (Wildman–Crippen LogP) is 5.02. The molecule has 2 aromatic rings. The number of aromatic carboxylic acids is 1. The second-order valence-corrected chi connectivity index (χ2v) is 6.79. The van der Waals surface area contributed by atoms with E-state index in [1.807, 2.05) is 24.5 Å². The lowest BCUT2D eigenvalue weighted by Crippen LogP contribution is -2.01. The van der Waals surface area contributed by atoms with Crippen molar-refractivity contribution in [1.29, 1.82) is 0 Å². The van der Waals surface area contributed by atoms with Gasteiger partial charge in [0.1, 0.15) is 0 Å². The van der Waals surface area contributed by atoms with Gasteiger partial charge in [0.05, 0.1) is 5.56 Å². The van der Waals surface area contributed by atoms with E-state index in [1.165, 1.54) is 28.5 Å². The number of carboxylic acid groups (broad SMARTS) is 1. The summed E-state index contributed by atoms with van der Waals surface area (Å²) >= 11 is 3.05. The van der Waals surface area contributed by atoms with Crippen LogP contribution in [0.15, 0.2) is 46.2 Å². The molecule has 21 heavy (non-hydrogen) atoms. The maximum atomic E-state index is 11.5. The third kappa shape index (κ3) is 4.05. The maximum absolute atomic E-state index is 11.5. The molecule has 0 saturated heterocycles. The summed E-state index contributed by atoms with van der Waals surface area (Å²) in [4.78, 5) is 13.1.